The summed E-state index contributed by atoms with van der Waals surface area (Å²) in [5, 5.41) is 6.36. The van der Waals surface area contributed by atoms with Crippen molar-refractivity contribution in [3.8, 4) is 0 Å². The Labute approximate surface area is 140 Å². The average molecular weight is 365 g/mol. The van der Waals surface area contributed by atoms with Crippen LogP contribution in [0.25, 0.3) is 0 Å². The van der Waals surface area contributed by atoms with Gasteiger partial charge >= 0.3 is 6.18 Å². The molecular formula is C14H13Cl2F3N4. The summed E-state index contributed by atoms with van der Waals surface area (Å²) >= 11 is 11.6. The predicted octanol–water partition coefficient (Wildman–Crippen LogP) is 4.51. The summed E-state index contributed by atoms with van der Waals surface area (Å²) in [7, 11) is 0. The number of nitrogens with two attached hydrogens (primary N) is 1. The second-order valence-corrected chi connectivity index (χ2v) is 5.48. The molecule has 4 N–H and O–H groups in total. The quantitative estimate of drug-likeness (QED) is 0.539. The fourth-order valence-corrected chi connectivity index (χ4v) is 2.21. The molecule has 2 aromatic rings. The molecule has 0 saturated heterocycles. The van der Waals surface area contributed by atoms with E-state index in [2.05, 4.69) is 15.6 Å². The number of pyridine rings is 1. The highest BCUT2D eigenvalue weighted by Gasteiger charge is 2.31. The molecule has 0 aliphatic heterocycles. The topological polar surface area (TPSA) is 63.0 Å². The van der Waals surface area contributed by atoms with E-state index in [0.29, 0.717) is 29.5 Å². The molecule has 4 nitrogen and oxygen atoms in total. The monoisotopic (exact) mass is 364 g/mol. The van der Waals surface area contributed by atoms with E-state index in [1.165, 1.54) is 0 Å². The highest BCUT2D eigenvalue weighted by atomic mass is 35.5. The van der Waals surface area contributed by atoms with Crippen molar-refractivity contribution >= 4 is 40.4 Å². The van der Waals surface area contributed by atoms with Gasteiger partial charge in [-0.3, -0.25) is 0 Å². The zero-order chi connectivity index (χ0) is 17.0. The summed E-state index contributed by atoms with van der Waals surface area (Å²) in [6, 6.07) is 5.89. The molecule has 0 spiro atoms. The van der Waals surface area contributed by atoms with Crippen LogP contribution >= 0.6 is 23.2 Å². The lowest BCUT2D eigenvalue weighted by molar-refractivity contribution is -0.137. The molecule has 1 aromatic heterocycles. The predicted molar refractivity (Wildman–Crippen MR) is 87.1 cm³/mol. The highest BCUT2D eigenvalue weighted by Crippen LogP contribution is 2.32. The third-order valence-electron chi connectivity index (χ3n) is 2.92. The van der Waals surface area contributed by atoms with Crippen molar-refractivity contribution in [3.05, 3.63) is 46.1 Å². The number of rotatable bonds is 5. The minimum absolute atomic E-state index is 0.0918. The largest absolute Gasteiger partial charge is 0.417 e. The van der Waals surface area contributed by atoms with Crippen LogP contribution < -0.4 is 16.4 Å². The molecule has 1 heterocycles. The van der Waals surface area contributed by atoms with Gasteiger partial charge in [0.2, 0.25) is 0 Å². The maximum Gasteiger partial charge on any atom is 0.417 e. The molecule has 9 heteroatoms. The standard InChI is InChI=1S/C14H13Cl2F3N4/c15-9-1-2-12(11(20)6-9)21-3-4-22-13-10(16)5-8(7-23-13)14(17,18)19/h1-2,5-7,21H,3-4,20H2,(H,22,23). The van der Waals surface area contributed by atoms with E-state index in [0.717, 1.165) is 12.3 Å². The van der Waals surface area contributed by atoms with Crippen molar-refractivity contribution in [1.82, 2.24) is 4.98 Å². The van der Waals surface area contributed by atoms with Crippen molar-refractivity contribution in [2.24, 2.45) is 0 Å². The molecule has 0 unspecified atom stereocenters. The molecule has 23 heavy (non-hydrogen) atoms. The summed E-state index contributed by atoms with van der Waals surface area (Å²) in [6.07, 6.45) is -3.73. The molecule has 0 amide bonds. The molecule has 0 bridgehead atoms. The van der Waals surface area contributed by atoms with Crippen LogP contribution in [0, 0.1) is 0 Å². The Hall–Kier alpha value is -1.86. The molecule has 0 fully saturated rings. The van der Waals surface area contributed by atoms with Gasteiger partial charge in [0.25, 0.3) is 0 Å². The number of aromatic nitrogens is 1. The number of hydrogen-bond acceptors (Lipinski definition) is 4. The van der Waals surface area contributed by atoms with Crippen LogP contribution in [0.1, 0.15) is 5.56 Å². The Morgan fingerprint density at radius 2 is 1.78 bits per heavy atom. The van der Waals surface area contributed by atoms with Gasteiger partial charge in [0.15, 0.2) is 0 Å². The second kappa shape index (κ2) is 7.14. The summed E-state index contributed by atoms with van der Waals surface area (Å²) in [5.41, 5.74) is 6.11. The third kappa shape index (κ3) is 4.80. The number of halogens is 5. The lowest BCUT2D eigenvalue weighted by Crippen LogP contribution is -2.15. The molecule has 0 atom stereocenters. The fourth-order valence-electron chi connectivity index (χ4n) is 1.80. The SMILES string of the molecule is Nc1cc(Cl)ccc1NCCNc1ncc(C(F)(F)F)cc1Cl. The number of benzene rings is 1. The number of anilines is 3. The molecule has 0 saturated carbocycles. The van der Waals surface area contributed by atoms with Gasteiger partial charge in [-0.2, -0.15) is 13.2 Å². The summed E-state index contributed by atoms with van der Waals surface area (Å²) in [5.74, 6) is 0.186. The molecular weight excluding hydrogens is 352 g/mol. The molecule has 124 valence electrons. The maximum absolute atomic E-state index is 12.5. The van der Waals surface area contributed by atoms with Crippen molar-refractivity contribution in [2.75, 3.05) is 29.5 Å². The Bertz CT molecular complexity index is 692. The Morgan fingerprint density at radius 1 is 1.09 bits per heavy atom. The zero-order valence-corrected chi connectivity index (χ0v) is 13.2. The third-order valence-corrected chi connectivity index (χ3v) is 3.44. The number of alkyl halides is 3. The Morgan fingerprint density at radius 3 is 2.39 bits per heavy atom. The summed E-state index contributed by atoms with van der Waals surface area (Å²) in [4.78, 5) is 3.69. The van der Waals surface area contributed by atoms with E-state index in [-0.39, 0.29) is 10.8 Å². The van der Waals surface area contributed by atoms with Crippen LogP contribution in [0.4, 0.5) is 30.4 Å². The van der Waals surface area contributed by atoms with Crippen LogP contribution in [0.3, 0.4) is 0 Å². The fraction of sp³-hybridized carbons (Fsp3) is 0.214. The minimum Gasteiger partial charge on any atom is -0.397 e. The number of nitrogens with zero attached hydrogens (tertiary/aromatic N) is 1. The van der Waals surface area contributed by atoms with E-state index in [1.54, 1.807) is 18.2 Å². The van der Waals surface area contributed by atoms with Crippen LogP contribution in [-0.4, -0.2) is 18.1 Å². The van der Waals surface area contributed by atoms with Gasteiger partial charge in [-0.05, 0) is 24.3 Å². The lowest BCUT2D eigenvalue weighted by Gasteiger charge is -2.12. The van der Waals surface area contributed by atoms with Crippen molar-refractivity contribution in [3.63, 3.8) is 0 Å². The van der Waals surface area contributed by atoms with E-state index in [9.17, 15) is 13.2 Å². The zero-order valence-electron chi connectivity index (χ0n) is 11.7. The first-order valence-corrected chi connectivity index (χ1v) is 7.28. The van der Waals surface area contributed by atoms with Crippen LogP contribution in [0.2, 0.25) is 10.0 Å². The van der Waals surface area contributed by atoms with Crippen molar-refractivity contribution in [2.45, 2.75) is 6.18 Å². The van der Waals surface area contributed by atoms with Crippen molar-refractivity contribution < 1.29 is 13.2 Å². The first kappa shape index (κ1) is 17.5. The minimum atomic E-state index is -4.47. The first-order valence-electron chi connectivity index (χ1n) is 6.53. The summed E-state index contributed by atoms with van der Waals surface area (Å²) in [6.45, 7) is 0.852. The second-order valence-electron chi connectivity index (χ2n) is 4.64. The van der Waals surface area contributed by atoms with E-state index < -0.39 is 11.7 Å². The number of hydrogen-bond donors (Lipinski definition) is 3. The van der Waals surface area contributed by atoms with Gasteiger partial charge in [-0.15, -0.1) is 0 Å². The Kier molecular flexibility index (Phi) is 5.43. The van der Waals surface area contributed by atoms with Gasteiger partial charge in [0.1, 0.15) is 5.82 Å². The molecule has 2 rings (SSSR count). The van der Waals surface area contributed by atoms with Gasteiger partial charge in [-0.25, -0.2) is 4.98 Å². The van der Waals surface area contributed by atoms with E-state index in [4.69, 9.17) is 28.9 Å². The summed E-state index contributed by atoms with van der Waals surface area (Å²) < 4.78 is 37.5. The van der Waals surface area contributed by atoms with E-state index in [1.807, 2.05) is 0 Å². The molecule has 0 radical (unpaired) electrons. The lowest BCUT2D eigenvalue weighted by atomic mass is 10.2. The number of nitrogen functional groups attached to an aromatic ring is 1. The average Bonchev–Trinajstić information content (AvgIpc) is 2.45. The van der Waals surface area contributed by atoms with Gasteiger partial charge in [0.05, 0.1) is 22.0 Å². The van der Waals surface area contributed by atoms with E-state index >= 15 is 0 Å². The number of nitrogens with one attached hydrogen (secondary N) is 2. The van der Waals surface area contributed by atoms with Crippen molar-refractivity contribution in [1.29, 1.82) is 0 Å². The Balaban J connectivity index is 1.89. The van der Waals surface area contributed by atoms with Gasteiger partial charge in [0, 0.05) is 24.3 Å². The molecule has 0 aliphatic rings. The van der Waals surface area contributed by atoms with Gasteiger partial charge < -0.3 is 16.4 Å². The first-order chi connectivity index (χ1) is 10.8. The van der Waals surface area contributed by atoms with Crippen LogP contribution in [0.15, 0.2) is 30.5 Å². The maximum atomic E-state index is 12.5. The highest BCUT2D eigenvalue weighted by molar-refractivity contribution is 6.33. The van der Waals surface area contributed by atoms with Gasteiger partial charge in [-0.1, -0.05) is 23.2 Å². The molecule has 0 aliphatic carbocycles. The normalized spacial score (nSPS) is 11.3. The smallest absolute Gasteiger partial charge is 0.397 e. The van der Waals surface area contributed by atoms with Crippen LogP contribution in [-0.2, 0) is 6.18 Å². The molecule has 1 aromatic carbocycles. The van der Waals surface area contributed by atoms with Crippen LogP contribution in [0.5, 0.6) is 0 Å².